The summed E-state index contributed by atoms with van der Waals surface area (Å²) in [6.07, 6.45) is -1.40. The van der Waals surface area contributed by atoms with E-state index in [2.05, 4.69) is 32.3 Å². The summed E-state index contributed by atoms with van der Waals surface area (Å²) in [5.74, 6) is -0.579. The third-order valence-corrected chi connectivity index (χ3v) is 7.17. The normalized spacial score (nSPS) is 24.2. The van der Waals surface area contributed by atoms with Gasteiger partial charge in [-0.25, -0.2) is 0 Å². The molecule has 2 aliphatic rings. The predicted octanol–water partition coefficient (Wildman–Crippen LogP) is 2.90. The van der Waals surface area contributed by atoms with Gasteiger partial charge in [-0.1, -0.05) is 12.6 Å². The molecule has 1 amide bonds. The molecule has 0 radical (unpaired) electrons. The van der Waals surface area contributed by atoms with E-state index >= 15 is 0 Å². The van der Waals surface area contributed by atoms with Crippen LogP contribution in [-0.4, -0.2) is 57.8 Å². The summed E-state index contributed by atoms with van der Waals surface area (Å²) in [4.78, 5) is 14.6. The number of carbonyl (C=O) groups is 1. The molecule has 2 fully saturated rings. The fourth-order valence-corrected chi connectivity index (χ4v) is 5.11. The van der Waals surface area contributed by atoms with Gasteiger partial charge in [0.15, 0.2) is 0 Å². The van der Waals surface area contributed by atoms with Crippen LogP contribution in [0, 0.1) is 0 Å². The van der Waals surface area contributed by atoms with E-state index in [1.54, 1.807) is 5.51 Å². The number of halogens is 3. The molecule has 1 aromatic heterocycles. The summed E-state index contributed by atoms with van der Waals surface area (Å²) >= 11 is 1.39. The van der Waals surface area contributed by atoms with E-state index in [0.29, 0.717) is 29.6 Å². The number of hydrogen-bond acceptors (Lipinski definition) is 7. The summed E-state index contributed by atoms with van der Waals surface area (Å²) in [6.45, 7) is 5.72. The molecule has 0 spiro atoms. The Morgan fingerprint density at radius 2 is 2.03 bits per heavy atom. The molecule has 0 unspecified atom stereocenters. The van der Waals surface area contributed by atoms with E-state index in [0.717, 1.165) is 38.1 Å². The number of amides is 1. The Morgan fingerprint density at radius 3 is 2.67 bits per heavy atom. The number of aliphatic hydroxyl groups is 1. The number of nitrogens with one attached hydrogen (secondary N) is 2. The van der Waals surface area contributed by atoms with Gasteiger partial charge in [-0.15, -0.1) is 21.5 Å². The Hall–Kier alpha value is -2.50. The average molecular weight is 482 g/mol. The van der Waals surface area contributed by atoms with Gasteiger partial charge in [0, 0.05) is 30.4 Å². The van der Waals surface area contributed by atoms with Crippen LogP contribution in [0.3, 0.4) is 0 Å². The van der Waals surface area contributed by atoms with Crippen molar-refractivity contribution in [3.63, 3.8) is 0 Å². The molecule has 1 saturated carbocycles. The van der Waals surface area contributed by atoms with Gasteiger partial charge in [0.25, 0.3) is 5.91 Å². The number of hydrogen-bond donors (Lipinski definition) is 3. The molecule has 4 rings (SSSR count). The van der Waals surface area contributed by atoms with Crippen molar-refractivity contribution < 1.29 is 23.1 Å². The number of nitrogens with zero attached hydrogens (tertiary/aromatic N) is 3. The summed E-state index contributed by atoms with van der Waals surface area (Å²) in [7, 11) is 0. The molecule has 33 heavy (non-hydrogen) atoms. The number of rotatable bonds is 7. The maximum absolute atomic E-state index is 12.8. The first kappa shape index (κ1) is 23.7. The highest BCUT2D eigenvalue weighted by molar-refractivity contribution is 7.09. The molecule has 0 atom stereocenters. The molecule has 1 aliphatic carbocycles. The topological polar surface area (TPSA) is 90.4 Å². The van der Waals surface area contributed by atoms with Crippen LogP contribution in [0.15, 0.2) is 42.1 Å². The van der Waals surface area contributed by atoms with Crippen molar-refractivity contribution in [1.82, 2.24) is 25.7 Å². The van der Waals surface area contributed by atoms with Crippen molar-refractivity contribution in [1.29, 1.82) is 0 Å². The average Bonchev–Trinajstić information content (AvgIpc) is 3.31. The molecule has 2 heterocycles. The van der Waals surface area contributed by atoms with Gasteiger partial charge in [0.2, 0.25) is 0 Å². The fourth-order valence-electron chi connectivity index (χ4n) is 4.40. The second-order valence-corrected chi connectivity index (χ2v) is 9.50. The molecular weight excluding hydrogens is 455 g/mol. The van der Waals surface area contributed by atoms with E-state index < -0.39 is 23.2 Å². The molecule has 1 aromatic carbocycles. The number of alkyl halides is 3. The van der Waals surface area contributed by atoms with Gasteiger partial charge in [0.1, 0.15) is 16.1 Å². The molecule has 1 saturated heterocycles. The standard InChI is InChI=1S/C22H26F3N5O2S/c1-14(10-26-19(31)15-3-2-4-16(9-15)22(23,24)25)28-17-11-30(12-17)18-5-7-21(32,8-6-18)20-29-27-13-33-20/h2-4,9,13,17-18,28,32H,1,5-8,10-12H2,(H,26,31)/t18-,21-. The smallest absolute Gasteiger partial charge is 0.383 e. The van der Waals surface area contributed by atoms with Crippen molar-refractivity contribution in [3.8, 4) is 0 Å². The molecule has 7 nitrogen and oxygen atoms in total. The number of benzene rings is 1. The molecular formula is C22H26F3N5O2S. The minimum Gasteiger partial charge on any atom is -0.383 e. The summed E-state index contributed by atoms with van der Waals surface area (Å²) in [6, 6.07) is 4.94. The molecule has 11 heteroatoms. The maximum atomic E-state index is 12.8. The summed E-state index contributed by atoms with van der Waals surface area (Å²) in [5, 5.41) is 25.2. The lowest BCUT2D eigenvalue weighted by Crippen LogP contribution is -2.62. The third-order valence-electron chi connectivity index (χ3n) is 6.29. The van der Waals surface area contributed by atoms with Crippen molar-refractivity contribution in [2.75, 3.05) is 19.6 Å². The van der Waals surface area contributed by atoms with Crippen LogP contribution in [0.4, 0.5) is 13.2 Å². The van der Waals surface area contributed by atoms with Gasteiger partial charge in [-0.2, -0.15) is 13.2 Å². The lowest BCUT2D eigenvalue weighted by Gasteiger charge is -2.48. The monoisotopic (exact) mass is 481 g/mol. The van der Waals surface area contributed by atoms with Crippen molar-refractivity contribution in [2.45, 2.75) is 49.5 Å². The van der Waals surface area contributed by atoms with E-state index in [-0.39, 0.29) is 18.2 Å². The zero-order valence-electron chi connectivity index (χ0n) is 17.9. The Bertz CT molecular complexity index is 984. The number of aromatic nitrogens is 2. The minimum atomic E-state index is -4.49. The van der Waals surface area contributed by atoms with Crippen LogP contribution < -0.4 is 10.6 Å². The van der Waals surface area contributed by atoms with Crippen molar-refractivity contribution >= 4 is 17.2 Å². The fraction of sp³-hybridized carbons (Fsp3) is 0.500. The first-order chi connectivity index (χ1) is 15.6. The zero-order valence-corrected chi connectivity index (χ0v) is 18.8. The van der Waals surface area contributed by atoms with Crippen LogP contribution in [0.2, 0.25) is 0 Å². The van der Waals surface area contributed by atoms with Crippen molar-refractivity contribution in [3.05, 3.63) is 58.2 Å². The van der Waals surface area contributed by atoms with Gasteiger partial charge in [0.05, 0.1) is 18.2 Å². The lowest BCUT2D eigenvalue weighted by molar-refractivity contribution is -0.137. The number of likely N-dealkylation sites (tertiary alicyclic amines) is 1. The Balaban J connectivity index is 1.17. The van der Waals surface area contributed by atoms with E-state index in [4.69, 9.17) is 0 Å². The second-order valence-electron chi connectivity index (χ2n) is 8.67. The van der Waals surface area contributed by atoms with E-state index in [1.165, 1.54) is 23.5 Å². The highest BCUT2D eigenvalue weighted by Gasteiger charge is 2.41. The van der Waals surface area contributed by atoms with Gasteiger partial charge in [-0.05, 0) is 43.9 Å². The predicted molar refractivity (Wildman–Crippen MR) is 117 cm³/mol. The summed E-state index contributed by atoms with van der Waals surface area (Å²) in [5.41, 5.74) is 0.477. The van der Waals surface area contributed by atoms with Crippen LogP contribution in [0.25, 0.3) is 0 Å². The molecule has 1 aliphatic heterocycles. The van der Waals surface area contributed by atoms with Gasteiger partial charge in [-0.3, -0.25) is 9.69 Å². The zero-order chi connectivity index (χ0) is 23.6. The van der Waals surface area contributed by atoms with Crippen molar-refractivity contribution in [2.24, 2.45) is 0 Å². The third kappa shape index (κ3) is 5.53. The molecule has 0 bridgehead atoms. The van der Waals surface area contributed by atoms with Crippen LogP contribution in [0.5, 0.6) is 0 Å². The minimum absolute atomic E-state index is 0.0433. The molecule has 178 valence electrons. The maximum Gasteiger partial charge on any atom is 0.416 e. The second kappa shape index (κ2) is 9.40. The Labute approximate surface area is 193 Å². The van der Waals surface area contributed by atoms with Gasteiger partial charge < -0.3 is 15.7 Å². The quantitative estimate of drug-likeness (QED) is 0.564. The largest absolute Gasteiger partial charge is 0.416 e. The van der Waals surface area contributed by atoms with Gasteiger partial charge >= 0.3 is 6.18 Å². The summed E-state index contributed by atoms with van der Waals surface area (Å²) < 4.78 is 38.5. The highest BCUT2D eigenvalue weighted by Crippen LogP contribution is 2.39. The molecule has 3 N–H and O–H groups in total. The first-order valence-electron chi connectivity index (χ1n) is 10.8. The van der Waals surface area contributed by atoms with Crippen LogP contribution in [-0.2, 0) is 11.8 Å². The van der Waals surface area contributed by atoms with E-state index in [9.17, 15) is 23.1 Å². The van der Waals surface area contributed by atoms with E-state index in [1.807, 2.05) is 0 Å². The Morgan fingerprint density at radius 1 is 1.30 bits per heavy atom. The first-order valence-corrected chi connectivity index (χ1v) is 11.6. The van der Waals surface area contributed by atoms with Crippen LogP contribution in [0.1, 0.15) is 46.6 Å². The van der Waals surface area contributed by atoms with Crippen LogP contribution >= 0.6 is 11.3 Å². The SMILES string of the molecule is C=C(CNC(=O)c1cccc(C(F)(F)F)c1)NC1CN([C@H]2CC[C@@](O)(c3nncs3)CC2)C1. The molecule has 2 aromatic rings. The number of carbonyl (C=O) groups excluding carboxylic acids is 1. The lowest BCUT2D eigenvalue weighted by atomic mass is 9.81. The Kier molecular flexibility index (Phi) is 6.73. The highest BCUT2D eigenvalue weighted by atomic mass is 32.1.